The summed E-state index contributed by atoms with van der Waals surface area (Å²) in [5.41, 5.74) is 1.74. The average Bonchev–Trinajstić information content (AvgIpc) is 2.74. The SMILES string of the molecule is CNC(=O)c1ccc(C=C2CCN(C(=O)Nc3ccc(Cl)c(C(F)(F)F)c3)CC2)cc1. The lowest BCUT2D eigenvalue weighted by atomic mass is 10.0. The van der Waals surface area contributed by atoms with Crippen LogP contribution in [0.5, 0.6) is 0 Å². The summed E-state index contributed by atoms with van der Waals surface area (Å²) in [6.45, 7) is 0.904. The van der Waals surface area contributed by atoms with Crippen molar-refractivity contribution in [3.63, 3.8) is 0 Å². The number of piperidine rings is 1. The van der Waals surface area contributed by atoms with Gasteiger partial charge in [-0.15, -0.1) is 0 Å². The van der Waals surface area contributed by atoms with Gasteiger partial charge in [0.1, 0.15) is 0 Å². The van der Waals surface area contributed by atoms with Crippen LogP contribution in [0.4, 0.5) is 23.7 Å². The molecule has 0 atom stereocenters. The monoisotopic (exact) mass is 451 g/mol. The Kier molecular flexibility index (Phi) is 6.90. The topological polar surface area (TPSA) is 61.4 Å². The van der Waals surface area contributed by atoms with Gasteiger partial charge in [0.2, 0.25) is 0 Å². The second-order valence-electron chi connectivity index (χ2n) is 7.11. The van der Waals surface area contributed by atoms with Gasteiger partial charge in [-0.05, 0) is 48.7 Å². The van der Waals surface area contributed by atoms with Crippen molar-refractivity contribution in [3.05, 3.63) is 69.8 Å². The molecule has 2 aromatic rings. The number of amides is 3. The summed E-state index contributed by atoms with van der Waals surface area (Å²) in [6.07, 6.45) is -1.27. The fourth-order valence-electron chi connectivity index (χ4n) is 3.27. The first kappa shape index (κ1) is 22.7. The molecule has 5 nitrogen and oxygen atoms in total. The number of likely N-dealkylation sites (tertiary alicyclic amines) is 1. The van der Waals surface area contributed by atoms with E-state index in [-0.39, 0.29) is 11.6 Å². The highest BCUT2D eigenvalue weighted by Crippen LogP contribution is 2.36. The van der Waals surface area contributed by atoms with Gasteiger partial charge in [-0.2, -0.15) is 13.2 Å². The Balaban J connectivity index is 1.59. The van der Waals surface area contributed by atoms with Crippen LogP contribution in [-0.4, -0.2) is 37.0 Å². The van der Waals surface area contributed by atoms with Crippen molar-refractivity contribution in [2.75, 3.05) is 25.5 Å². The van der Waals surface area contributed by atoms with E-state index in [4.69, 9.17) is 11.6 Å². The van der Waals surface area contributed by atoms with E-state index in [2.05, 4.69) is 10.6 Å². The van der Waals surface area contributed by atoms with Crippen LogP contribution < -0.4 is 10.6 Å². The maximum absolute atomic E-state index is 13.0. The van der Waals surface area contributed by atoms with Crippen molar-refractivity contribution in [1.82, 2.24) is 10.2 Å². The van der Waals surface area contributed by atoms with Gasteiger partial charge in [0.15, 0.2) is 0 Å². The molecule has 1 fully saturated rings. The molecule has 9 heteroatoms. The van der Waals surface area contributed by atoms with Crippen LogP contribution in [0, 0.1) is 0 Å². The number of carbonyl (C=O) groups is 2. The number of nitrogens with zero attached hydrogens (tertiary/aromatic N) is 1. The Bertz CT molecular complexity index is 994. The van der Waals surface area contributed by atoms with E-state index in [0.717, 1.165) is 23.3 Å². The number of alkyl halides is 3. The fraction of sp³-hybridized carbons (Fsp3) is 0.273. The summed E-state index contributed by atoms with van der Waals surface area (Å²) in [6, 6.07) is 10.0. The Morgan fingerprint density at radius 2 is 1.71 bits per heavy atom. The lowest BCUT2D eigenvalue weighted by Gasteiger charge is -2.28. The summed E-state index contributed by atoms with van der Waals surface area (Å²) in [5, 5.41) is 4.66. The van der Waals surface area contributed by atoms with Crippen LogP contribution >= 0.6 is 11.6 Å². The number of nitrogens with one attached hydrogen (secondary N) is 2. The largest absolute Gasteiger partial charge is 0.417 e. The van der Waals surface area contributed by atoms with Crippen molar-refractivity contribution in [1.29, 1.82) is 0 Å². The molecule has 0 spiro atoms. The normalized spacial score (nSPS) is 14.2. The molecule has 0 bridgehead atoms. The molecule has 164 valence electrons. The van der Waals surface area contributed by atoms with Crippen molar-refractivity contribution in [2.45, 2.75) is 19.0 Å². The molecule has 1 saturated heterocycles. The molecule has 1 aliphatic heterocycles. The number of urea groups is 1. The van der Waals surface area contributed by atoms with Crippen LogP contribution in [0.1, 0.15) is 34.3 Å². The Morgan fingerprint density at radius 3 is 2.29 bits per heavy atom. The lowest BCUT2D eigenvalue weighted by molar-refractivity contribution is -0.137. The minimum atomic E-state index is -4.60. The maximum atomic E-state index is 13.0. The van der Waals surface area contributed by atoms with Crippen LogP contribution in [-0.2, 0) is 6.18 Å². The molecule has 2 N–H and O–H groups in total. The van der Waals surface area contributed by atoms with Gasteiger partial charge in [0, 0.05) is 31.4 Å². The third-order valence-corrected chi connectivity index (χ3v) is 5.32. The highest BCUT2D eigenvalue weighted by molar-refractivity contribution is 6.31. The maximum Gasteiger partial charge on any atom is 0.417 e. The number of halogens is 4. The summed E-state index contributed by atoms with van der Waals surface area (Å²) < 4.78 is 39.0. The molecule has 2 aromatic carbocycles. The van der Waals surface area contributed by atoms with Gasteiger partial charge in [0.05, 0.1) is 10.6 Å². The van der Waals surface area contributed by atoms with E-state index in [0.29, 0.717) is 31.5 Å². The van der Waals surface area contributed by atoms with Crippen LogP contribution in [0.15, 0.2) is 48.0 Å². The number of rotatable bonds is 3. The molecule has 0 aliphatic carbocycles. The molecule has 0 unspecified atom stereocenters. The molecule has 3 amide bonds. The first-order valence-corrected chi connectivity index (χ1v) is 9.99. The standard InChI is InChI=1S/C22H21ClF3N3O2/c1-27-20(30)16-4-2-14(3-5-16)12-15-8-10-29(11-9-15)21(31)28-17-6-7-19(23)18(13-17)22(24,25)26/h2-7,12-13H,8-11H2,1H3,(H,27,30)(H,28,31). The smallest absolute Gasteiger partial charge is 0.355 e. The number of benzene rings is 2. The molecular formula is C22H21ClF3N3O2. The number of hydrogen-bond acceptors (Lipinski definition) is 2. The highest BCUT2D eigenvalue weighted by atomic mass is 35.5. The van der Waals surface area contributed by atoms with Crippen molar-refractivity contribution >= 4 is 35.3 Å². The summed E-state index contributed by atoms with van der Waals surface area (Å²) in [4.78, 5) is 25.6. The fourth-order valence-corrected chi connectivity index (χ4v) is 3.50. The Hall–Kier alpha value is -3.00. The number of anilines is 1. The van der Waals surface area contributed by atoms with Gasteiger partial charge in [-0.1, -0.05) is 35.4 Å². The molecule has 0 aromatic heterocycles. The third kappa shape index (κ3) is 5.79. The Labute approximate surface area is 182 Å². The summed E-state index contributed by atoms with van der Waals surface area (Å²) >= 11 is 5.61. The predicted molar refractivity (Wildman–Crippen MR) is 114 cm³/mol. The van der Waals surface area contributed by atoms with E-state index in [9.17, 15) is 22.8 Å². The van der Waals surface area contributed by atoms with Gasteiger partial charge >= 0.3 is 12.2 Å². The number of hydrogen-bond donors (Lipinski definition) is 2. The van der Waals surface area contributed by atoms with E-state index < -0.39 is 22.8 Å². The molecule has 1 heterocycles. The summed E-state index contributed by atoms with van der Waals surface area (Å²) in [5.74, 6) is -0.151. The van der Waals surface area contributed by atoms with Gasteiger partial charge in [-0.25, -0.2) is 4.79 Å². The third-order valence-electron chi connectivity index (χ3n) is 4.99. The van der Waals surface area contributed by atoms with E-state index in [1.165, 1.54) is 6.07 Å². The zero-order valence-electron chi connectivity index (χ0n) is 16.7. The second-order valence-corrected chi connectivity index (χ2v) is 7.52. The summed E-state index contributed by atoms with van der Waals surface area (Å²) in [7, 11) is 1.57. The van der Waals surface area contributed by atoms with Gasteiger partial charge in [0.25, 0.3) is 5.91 Å². The van der Waals surface area contributed by atoms with E-state index in [1.54, 1.807) is 24.1 Å². The molecule has 31 heavy (non-hydrogen) atoms. The lowest BCUT2D eigenvalue weighted by Crippen LogP contribution is -2.39. The zero-order valence-corrected chi connectivity index (χ0v) is 17.5. The molecule has 1 aliphatic rings. The molecular weight excluding hydrogens is 431 g/mol. The average molecular weight is 452 g/mol. The van der Waals surface area contributed by atoms with E-state index in [1.807, 2.05) is 18.2 Å². The molecule has 3 rings (SSSR count). The highest BCUT2D eigenvalue weighted by Gasteiger charge is 2.33. The first-order valence-electron chi connectivity index (χ1n) is 9.61. The van der Waals surface area contributed by atoms with Crippen molar-refractivity contribution in [3.8, 4) is 0 Å². The molecule has 0 saturated carbocycles. The van der Waals surface area contributed by atoms with Crippen molar-refractivity contribution < 1.29 is 22.8 Å². The minimum absolute atomic E-state index is 0.0410. The van der Waals surface area contributed by atoms with Gasteiger partial charge < -0.3 is 15.5 Å². The van der Waals surface area contributed by atoms with E-state index >= 15 is 0 Å². The molecule has 0 radical (unpaired) electrons. The minimum Gasteiger partial charge on any atom is -0.355 e. The quantitative estimate of drug-likeness (QED) is 0.653. The zero-order chi connectivity index (χ0) is 22.6. The van der Waals surface area contributed by atoms with Crippen LogP contribution in [0.2, 0.25) is 5.02 Å². The van der Waals surface area contributed by atoms with Crippen LogP contribution in [0.3, 0.4) is 0 Å². The number of carbonyl (C=O) groups excluding carboxylic acids is 2. The first-order chi connectivity index (χ1) is 14.7. The van der Waals surface area contributed by atoms with Gasteiger partial charge in [-0.3, -0.25) is 4.79 Å². The second kappa shape index (κ2) is 9.43. The predicted octanol–water partition coefficient (Wildman–Crippen LogP) is 5.43. The Morgan fingerprint density at radius 1 is 1.06 bits per heavy atom. The van der Waals surface area contributed by atoms with Crippen LogP contribution in [0.25, 0.3) is 6.08 Å². The van der Waals surface area contributed by atoms with Crippen molar-refractivity contribution in [2.24, 2.45) is 0 Å².